The summed E-state index contributed by atoms with van der Waals surface area (Å²) in [7, 11) is 0. The third-order valence-electron chi connectivity index (χ3n) is 4.56. The Bertz CT molecular complexity index is 1090. The number of nitrogens with zero attached hydrogens (tertiary/aromatic N) is 6. The van der Waals surface area contributed by atoms with Crippen molar-refractivity contribution in [1.82, 2.24) is 34.8 Å². The maximum atomic E-state index is 12.5. The summed E-state index contributed by atoms with van der Waals surface area (Å²) in [5.41, 5.74) is 1.92. The largest absolute Gasteiger partial charge is 0.461 e. The summed E-state index contributed by atoms with van der Waals surface area (Å²) >= 11 is 1.35. The van der Waals surface area contributed by atoms with E-state index in [1.165, 1.54) is 18.1 Å². The molecule has 9 nitrogen and oxygen atoms in total. The molecule has 0 saturated carbocycles. The number of amides is 1. The molecule has 0 saturated heterocycles. The zero-order valence-electron chi connectivity index (χ0n) is 16.6. The van der Waals surface area contributed by atoms with E-state index >= 15 is 0 Å². The quantitative estimate of drug-likeness (QED) is 0.434. The van der Waals surface area contributed by atoms with Gasteiger partial charge in [0, 0.05) is 6.54 Å². The smallest absolute Gasteiger partial charge is 0.230 e. The van der Waals surface area contributed by atoms with Crippen LogP contribution in [0.15, 0.2) is 64.9 Å². The van der Waals surface area contributed by atoms with E-state index in [1.54, 1.807) is 17.3 Å². The molecule has 4 rings (SSSR count). The van der Waals surface area contributed by atoms with Crippen molar-refractivity contribution in [2.75, 3.05) is 5.75 Å². The minimum absolute atomic E-state index is 0.0712. The second-order valence-corrected chi connectivity index (χ2v) is 7.48. The standard InChI is InChI=1S/C20H21N7O2S/c1-3-26-19(17-5-4-10-29-17)24-25-20(26)30-11-18(28)23-14(2)15-6-8-16(9-7-15)27-13-21-12-22-27/h4-10,12-14H,3,11H2,1-2H3,(H,23,28). The fourth-order valence-corrected chi connectivity index (χ4v) is 3.84. The first-order valence-electron chi connectivity index (χ1n) is 9.50. The van der Waals surface area contributed by atoms with Gasteiger partial charge in [-0.1, -0.05) is 23.9 Å². The molecule has 154 valence electrons. The molecular weight excluding hydrogens is 402 g/mol. The summed E-state index contributed by atoms with van der Waals surface area (Å²) < 4.78 is 9.03. The number of thioether (sulfide) groups is 1. The molecule has 10 heteroatoms. The van der Waals surface area contributed by atoms with Crippen molar-refractivity contribution < 1.29 is 9.21 Å². The van der Waals surface area contributed by atoms with E-state index in [2.05, 4.69) is 25.6 Å². The van der Waals surface area contributed by atoms with Crippen LogP contribution in [0.1, 0.15) is 25.5 Å². The fourth-order valence-electron chi connectivity index (χ4n) is 3.02. The van der Waals surface area contributed by atoms with Gasteiger partial charge in [0.1, 0.15) is 12.7 Å². The Kier molecular flexibility index (Phi) is 5.94. The van der Waals surface area contributed by atoms with Gasteiger partial charge in [0.25, 0.3) is 0 Å². The van der Waals surface area contributed by atoms with Gasteiger partial charge in [0.2, 0.25) is 5.91 Å². The summed E-state index contributed by atoms with van der Waals surface area (Å²) in [4.78, 5) is 16.4. The second kappa shape index (κ2) is 8.95. The number of aromatic nitrogens is 6. The van der Waals surface area contributed by atoms with Crippen LogP contribution in [0.2, 0.25) is 0 Å². The van der Waals surface area contributed by atoms with Crippen LogP contribution in [0.4, 0.5) is 0 Å². The molecule has 1 aromatic carbocycles. The molecule has 0 aliphatic heterocycles. The first kappa shape index (κ1) is 19.9. The molecule has 0 spiro atoms. The van der Waals surface area contributed by atoms with Crippen molar-refractivity contribution in [2.45, 2.75) is 31.6 Å². The lowest BCUT2D eigenvalue weighted by molar-refractivity contribution is -0.119. The van der Waals surface area contributed by atoms with E-state index in [9.17, 15) is 4.79 Å². The number of furan rings is 1. The average Bonchev–Trinajstić information content (AvgIpc) is 3.53. The van der Waals surface area contributed by atoms with Gasteiger partial charge in [-0.15, -0.1) is 10.2 Å². The first-order chi connectivity index (χ1) is 14.7. The molecule has 0 aliphatic carbocycles. The molecular formula is C20H21N7O2S. The highest BCUT2D eigenvalue weighted by atomic mass is 32.2. The third-order valence-corrected chi connectivity index (χ3v) is 5.53. The van der Waals surface area contributed by atoms with Gasteiger partial charge >= 0.3 is 0 Å². The lowest BCUT2D eigenvalue weighted by atomic mass is 10.1. The van der Waals surface area contributed by atoms with E-state index in [-0.39, 0.29) is 17.7 Å². The maximum Gasteiger partial charge on any atom is 0.230 e. The van der Waals surface area contributed by atoms with Crippen LogP contribution in [0.25, 0.3) is 17.3 Å². The van der Waals surface area contributed by atoms with E-state index in [1.807, 2.05) is 54.8 Å². The van der Waals surface area contributed by atoms with Crippen LogP contribution in [0.5, 0.6) is 0 Å². The van der Waals surface area contributed by atoms with Gasteiger partial charge in [-0.25, -0.2) is 9.67 Å². The maximum absolute atomic E-state index is 12.5. The van der Waals surface area contributed by atoms with Gasteiger partial charge in [-0.2, -0.15) is 5.10 Å². The van der Waals surface area contributed by atoms with Crippen molar-refractivity contribution in [1.29, 1.82) is 0 Å². The summed E-state index contributed by atoms with van der Waals surface area (Å²) in [5.74, 6) is 1.49. The Morgan fingerprint density at radius 2 is 2.07 bits per heavy atom. The highest BCUT2D eigenvalue weighted by Crippen LogP contribution is 2.24. The van der Waals surface area contributed by atoms with E-state index < -0.39 is 0 Å². The molecule has 0 fully saturated rings. The van der Waals surface area contributed by atoms with Gasteiger partial charge in [-0.3, -0.25) is 9.36 Å². The van der Waals surface area contributed by atoms with E-state index in [4.69, 9.17) is 4.42 Å². The molecule has 0 bridgehead atoms. The molecule has 0 radical (unpaired) electrons. The minimum atomic E-state index is -0.120. The van der Waals surface area contributed by atoms with Gasteiger partial charge in [0.15, 0.2) is 16.7 Å². The van der Waals surface area contributed by atoms with Crippen LogP contribution in [0.3, 0.4) is 0 Å². The predicted molar refractivity (Wildman–Crippen MR) is 112 cm³/mol. The van der Waals surface area contributed by atoms with E-state index in [0.717, 1.165) is 11.3 Å². The van der Waals surface area contributed by atoms with Crippen LogP contribution in [-0.2, 0) is 11.3 Å². The van der Waals surface area contributed by atoms with Crippen molar-refractivity contribution in [3.8, 4) is 17.3 Å². The number of hydrogen-bond donors (Lipinski definition) is 1. The monoisotopic (exact) mass is 423 g/mol. The van der Waals surface area contributed by atoms with Crippen LogP contribution in [-0.4, -0.2) is 41.2 Å². The third kappa shape index (κ3) is 4.28. The summed E-state index contributed by atoms with van der Waals surface area (Å²) in [6.45, 7) is 4.64. The zero-order valence-corrected chi connectivity index (χ0v) is 17.4. The molecule has 1 atom stereocenters. The van der Waals surface area contributed by atoms with Crippen molar-refractivity contribution in [3.05, 3.63) is 60.9 Å². The Morgan fingerprint density at radius 1 is 1.23 bits per heavy atom. The Morgan fingerprint density at radius 3 is 2.73 bits per heavy atom. The minimum Gasteiger partial charge on any atom is -0.461 e. The lowest BCUT2D eigenvalue weighted by Gasteiger charge is -2.15. The molecule has 1 N–H and O–H groups in total. The topological polar surface area (TPSA) is 104 Å². The van der Waals surface area contributed by atoms with Crippen LogP contribution < -0.4 is 5.32 Å². The Hall–Kier alpha value is -3.40. The average molecular weight is 424 g/mol. The number of benzene rings is 1. The fraction of sp³-hybridized carbons (Fsp3) is 0.250. The zero-order chi connectivity index (χ0) is 20.9. The number of carbonyl (C=O) groups excluding carboxylic acids is 1. The predicted octanol–water partition coefficient (Wildman–Crippen LogP) is 3.11. The molecule has 4 aromatic rings. The summed E-state index contributed by atoms with van der Waals surface area (Å²) in [6.07, 6.45) is 4.74. The summed E-state index contributed by atoms with van der Waals surface area (Å²) in [5, 5.41) is 16.2. The second-order valence-electron chi connectivity index (χ2n) is 6.54. The van der Waals surface area contributed by atoms with Crippen LogP contribution in [0, 0.1) is 0 Å². The van der Waals surface area contributed by atoms with Gasteiger partial charge in [-0.05, 0) is 43.7 Å². The van der Waals surface area contributed by atoms with E-state index in [0.29, 0.717) is 23.3 Å². The molecule has 30 heavy (non-hydrogen) atoms. The van der Waals surface area contributed by atoms with Gasteiger partial charge in [0.05, 0.1) is 23.7 Å². The number of rotatable bonds is 8. The summed E-state index contributed by atoms with van der Waals surface area (Å²) in [6, 6.07) is 11.4. The SMILES string of the molecule is CCn1c(SCC(=O)NC(C)c2ccc(-n3cncn3)cc2)nnc1-c1ccco1. The van der Waals surface area contributed by atoms with Crippen LogP contribution >= 0.6 is 11.8 Å². The normalized spacial score (nSPS) is 12.1. The van der Waals surface area contributed by atoms with Crippen molar-refractivity contribution in [2.24, 2.45) is 0 Å². The Labute approximate surface area is 177 Å². The molecule has 0 aliphatic rings. The van der Waals surface area contributed by atoms with Gasteiger partial charge < -0.3 is 9.73 Å². The highest BCUT2D eigenvalue weighted by molar-refractivity contribution is 7.99. The lowest BCUT2D eigenvalue weighted by Crippen LogP contribution is -2.28. The van der Waals surface area contributed by atoms with Crippen molar-refractivity contribution in [3.63, 3.8) is 0 Å². The number of nitrogens with one attached hydrogen (secondary N) is 1. The number of carbonyl (C=O) groups is 1. The molecule has 3 heterocycles. The number of hydrogen-bond acceptors (Lipinski definition) is 7. The first-order valence-corrected chi connectivity index (χ1v) is 10.5. The molecule has 1 amide bonds. The Balaban J connectivity index is 1.35. The highest BCUT2D eigenvalue weighted by Gasteiger charge is 2.17. The molecule has 3 aromatic heterocycles. The molecule has 1 unspecified atom stereocenters. The van der Waals surface area contributed by atoms with Crippen molar-refractivity contribution >= 4 is 17.7 Å².